The van der Waals surface area contributed by atoms with Gasteiger partial charge in [-0.1, -0.05) is 6.07 Å². The van der Waals surface area contributed by atoms with Gasteiger partial charge in [0.15, 0.2) is 0 Å². The maximum absolute atomic E-state index is 12.9. The van der Waals surface area contributed by atoms with Crippen LogP contribution in [0.4, 0.5) is 11.4 Å². The number of benzene rings is 2. The molecular weight excluding hydrogens is 364 g/mol. The summed E-state index contributed by atoms with van der Waals surface area (Å²) in [5, 5.41) is 0.879. The SMILES string of the molecule is CC(=O)N1CCc2ccc(S(=O)(=O)Nc3ccc4oc(C)c(C)c4c3)cc21. The first-order chi connectivity index (χ1) is 12.8. The Kier molecular flexibility index (Phi) is 3.99. The number of nitrogens with one attached hydrogen (secondary N) is 1. The summed E-state index contributed by atoms with van der Waals surface area (Å²) in [6.07, 6.45) is 0.735. The number of rotatable bonds is 3. The van der Waals surface area contributed by atoms with Gasteiger partial charge >= 0.3 is 0 Å². The molecule has 140 valence electrons. The number of fused-ring (bicyclic) bond motifs is 2. The fraction of sp³-hybridized carbons (Fsp3) is 0.250. The van der Waals surface area contributed by atoms with Gasteiger partial charge in [0.2, 0.25) is 5.91 Å². The third-order valence-corrected chi connectivity index (χ3v) is 6.45. The second-order valence-electron chi connectivity index (χ2n) is 6.81. The van der Waals surface area contributed by atoms with Crippen LogP contribution in [0.1, 0.15) is 23.8 Å². The van der Waals surface area contributed by atoms with E-state index < -0.39 is 10.0 Å². The second kappa shape index (κ2) is 6.13. The van der Waals surface area contributed by atoms with E-state index in [1.807, 2.05) is 13.8 Å². The van der Waals surface area contributed by atoms with Gasteiger partial charge in [-0.05, 0) is 61.7 Å². The van der Waals surface area contributed by atoms with Crippen LogP contribution in [0.5, 0.6) is 0 Å². The van der Waals surface area contributed by atoms with Crippen LogP contribution < -0.4 is 9.62 Å². The average Bonchev–Trinajstić information content (AvgIpc) is 3.16. The van der Waals surface area contributed by atoms with Gasteiger partial charge in [0, 0.05) is 30.2 Å². The predicted octanol–water partition coefficient (Wildman–Crippen LogP) is 3.76. The van der Waals surface area contributed by atoms with Crippen molar-refractivity contribution in [1.29, 1.82) is 0 Å². The molecule has 1 N–H and O–H groups in total. The lowest BCUT2D eigenvalue weighted by Gasteiger charge is -2.16. The summed E-state index contributed by atoms with van der Waals surface area (Å²) < 4.78 is 34.0. The third kappa shape index (κ3) is 2.98. The number of carbonyl (C=O) groups is 1. The van der Waals surface area contributed by atoms with Gasteiger partial charge in [-0.2, -0.15) is 0 Å². The van der Waals surface area contributed by atoms with Crippen molar-refractivity contribution in [2.75, 3.05) is 16.2 Å². The Balaban J connectivity index is 1.69. The molecule has 0 spiro atoms. The highest BCUT2D eigenvalue weighted by atomic mass is 32.2. The topological polar surface area (TPSA) is 79.6 Å². The van der Waals surface area contributed by atoms with E-state index in [-0.39, 0.29) is 10.8 Å². The highest BCUT2D eigenvalue weighted by molar-refractivity contribution is 7.92. The van der Waals surface area contributed by atoms with Crippen LogP contribution in [0.2, 0.25) is 0 Å². The van der Waals surface area contributed by atoms with E-state index in [2.05, 4.69) is 4.72 Å². The Morgan fingerprint density at radius 2 is 1.93 bits per heavy atom. The fourth-order valence-electron chi connectivity index (χ4n) is 3.47. The quantitative estimate of drug-likeness (QED) is 0.746. The van der Waals surface area contributed by atoms with Gasteiger partial charge in [-0.25, -0.2) is 8.42 Å². The second-order valence-corrected chi connectivity index (χ2v) is 8.49. The third-order valence-electron chi connectivity index (χ3n) is 5.07. The normalized spacial score (nSPS) is 13.8. The van der Waals surface area contributed by atoms with Crippen LogP contribution >= 0.6 is 0 Å². The first kappa shape index (κ1) is 17.6. The van der Waals surface area contributed by atoms with Crippen LogP contribution in [-0.4, -0.2) is 20.9 Å². The molecule has 27 heavy (non-hydrogen) atoms. The fourth-order valence-corrected chi connectivity index (χ4v) is 4.54. The van der Waals surface area contributed by atoms with Gasteiger partial charge in [-0.3, -0.25) is 9.52 Å². The van der Waals surface area contributed by atoms with E-state index in [4.69, 9.17) is 4.42 Å². The maximum Gasteiger partial charge on any atom is 0.261 e. The molecule has 3 aromatic rings. The summed E-state index contributed by atoms with van der Waals surface area (Å²) in [6.45, 7) is 5.89. The molecule has 0 bridgehead atoms. The van der Waals surface area contributed by atoms with Crippen LogP contribution in [0.25, 0.3) is 11.0 Å². The van der Waals surface area contributed by atoms with E-state index in [9.17, 15) is 13.2 Å². The highest BCUT2D eigenvalue weighted by Crippen LogP contribution is 2.32. The molecule has 7 heteroatoms. The molecule has 0 radical (unpaired) electrons. The molecule has 1 aliphatic heterocycles. The molecule has 0 aliphatic carbocycles. The molecule has 1 amide bonds. The summed E-state index contributed by atoms with van der Waals surface area (Å²) in [4.78, 5) is 13.5. The first-order valence-corrected chi connectivity index (χ1v) is 10.2. The number of anilines is 2. The largest absolute Gasteiger partial charge is 0.461 e. The smallest absolute Gasteiger partial charge is 0.261 e. The van der Waals surface area contributed by atoms with Gasteiger partial charge in [0.25, 0.3) is 10.0 Å². The van der Waals surface area contributed by atoms with Crippen molar-refractivity contribution < 1.29 is 17.6 Å². The minimum Gasteiger partial charge on any atom is -0.461 e. The number of hydrogen-bond donors (Lipinski definition) is 1. The highest BCUT2D eigenvalue weighted by Gasteiger charge is 2.25. The minimum atomic E-state index is -3.78. The van der Waals surface area contributed by atoms with E-state index in [0.29, 0.717) is 17.9 Å². The van der Waals surface area contributed by atoms with Crippen LogP contribution in [0, 0.1) is 13.8 Å². The number of amides is 1. The maximum atomic E-state index is 12.9. The molecule has 0 unspecified atom stereocenters. The Bertz CT molecular complexity index is 1180. The summed E-state index contributed by atoms with van der Waals surface area (Å²) in [5.41, 5.74) is 3.83. The molecule has 0 saturated heterocycles. The number of carbonyl (C=O) groups excluding carboxylic acids is 1. The zero-order chi connectivity index (χ0) is 19.3. The lowest BCUT2D eigenvalue weighted by Crippen LogP contribution is -2.26. The van der Waals surface area contributed by atoms with Crippen molar-refractivity contribution in [1.82, 2.24) is 0 Å². The molecule has 1 aliphatic rings. The summed E-state index contributed by atoms with van der Waals surface area (Å²) in [7, 11) is -3.78. The van der Waals surface area contributed by atoms with E-state index in [1.165, 1.54) is 6.92 Å². The lowest BCUT2D eigenvalue weighted by molar-refractivity contribution is -0.116. The summed E-state index contributed by atoms with van der Waals surface area (Å²) in [5.74, 6) is 0.723. The Morgan fingerprint density at radius 1 is 1.15 bits per heavy atom. The van der Waals surface area contributed by atoms with E-state index >= 15 is 0 Å². The van der Waals surface area contributed by atoms with Gasteiger partial charge in [0.05, 0.1) is 4.90 Å². The van der Waals surface area contributed by atoms with Crippen molar-refractivity contribution in [2.24, 2.45) is 0 Å². The van der Waals surface area contributed by atoms with Crippen LogP contribution in [0.15, 0.2) is 45.7 Å². The van der Waals surface area contributed by atoms with E-state index in [1.54, 1.807) is 41.3 Å². The molecule has 0 atom stereocenters. The van der Waals surface area contributed by atoms with Crippen molar-refractivity contribution in [3.63, 3.8) is 0 Å². The van der Waals surface area contributed by atoms with Crippen molar-refractivity contribution in [3.05, 3.63) is 53.3 Å². The van der Waals surface area contributed by atoms with Crippen molar-refractivity contribution in [3.8, 4) is 0 Å². The Labute approximate surface area is 157 Å². The molecule has 6 nitrogen and oxygen atoms in total. The number of hydrogen-bond acceptors (Lipinski definition) is 4. The minimum absolute atomic E-state index is 0.0903. The van der Waals surface area contributed by atoms with Gasteiger partial charge < -0.3 is 9.32 Å². The molecule has 2 aromatic carbocycles. The molecular formula is C20H20N2O4S. The molecule has 4 rings (SSSR count). The lowest BCUT2D eigenvalue weighted by atomic mass is 10.1. The average molecular weight is 384 g/mol. The van der Waals surface area contributed by atoms with Gasteiger partial charge in [0.1, 0.15) is 11.3 Å². The molecule has 2 heterocycles. The summed E-state index contributed by atoms with van der Waals surface area (Å²) >= 11 is 0. The molecule has 0 fully saturated rings. The predicted molar refractivity (Wildman–Crippen MR) is 105 cm³/mol. The molecule has 0 saturated carbocycles. The Hall–Kier alpha value is -2.80. The number of nitrogens with zero attached hydrogens (tertiary/aromatic N) is 1. The summed E-state index contributed by atoms with van der Waals surface area (Å²) in [6, 6.07) is 10.1. The number of sulfonamides is 1. The zero-order valence-corrected chi connectivity index (χ0v) is 16.2. The van der Waals surface area contributed by atoms with Crippen molar-refractivity contribution >= 4 is 38.3 Å². The van der Waals surface area contributed by atoms with Gasteiger partial charge in [-0.15, -0.1) is 0 Å². The van der Waals surface area contributed by atoms with Crippen molar-refractivity contribution in [2.45, 2.75) is 32.1 Å². The number of aryl methyl sites for hydroxylation is 2. The zero-order valence-electron chi connectivity index (χ0n) is 15.4. The van der Waals surface area contributed by atoms with Crippen LogP contribution in [0.3, 0.4) is 0 Å². The molecule has 1 aromatic heterocycles. The van der Waals surface area contributed by atoms with E-state index in [0.717, 1.165) is 34.3 Å². The van der Waals surface area contributed by atoms with Crippen LogP contribution in [-0.2, 0) is 21.2 Å². The standard InChI is InChI=1S/C20H20N2O4S/c1-12-13(2)26-20-7-5-16(10-18(12)20)21-27(24,25)17-6-4-15-8-9-22(14(3)23)19(15)11-17/h4-7,10-11,21H,8-9H2,1-3H3. The monoisotopic (exact) mass is 384 g/mol. The Morgan fingerprint density at radius 3 is 2.67 bits per heavy atom. The number of furan rings is 1. The first-order valence-electron chi connectivity index (χ1n) is 8.70.